The number of halogens is 1. The Morgan fingerprint density at radius 1 is 1.35 bits per heavy atom. The van der Waals surface area contributed by atoms with Gasteiger partial charge in [0.25, 0.3) is 0 Å². The molecule has 126 valence electrons. The van der Waals surface area contributed by atoms with Crippen molar-refractivity contribution < 1.29 is 19.4 Å². The molecule has 1 amide bonds. The number of rotatable bonds is 4. The van der Waals surface area contributed by atoms with E-state index < -0.39 is 6.09 Å². The molecular weight excluding hydrogens is 324 g/mol. The number of piperazine rings is 1. The van der Waals surface area contributed by atoms with Gasteiger partial charge in [0.1, 0.15) is 17.3 Å². The number of hydrogen-bond acceptors (Lipinski definition) is 6. The lowest BCUT2D eigenvalue weighted by Crippen LogP contribution is -2.49. The second-order valence-corrected chi connectivity index (χ2v) is 5.70. The number of methoxy groups -OCH3 is 1. The van der Waals surface area contributed by atoms with Crippen LogP contribution in [0.15, 0.2) is 6.33 Å². The van der Waals surface area contributed by atoms with Crippen molar-refractivity contribution in [1.29, 1.82) is 0 Å². The van der Waals surface area contributed by atoms with E-state index in [1.54, 1.807) is 0 Å². The summed E-state index contributed by atoms with van der Waals surface area (Å²) in [6.07, 6.45) is 0.617. The quantitative estimate of drug-likeness (QED) is 0.655. The van der Waals surface area contributed by atoms with Crippen molar-refractivity contribution in [1.82, 2.24) is 14.9 Å². The molecule has 0 saturated carbocycles. The SMILES string of the molecule is COC(=O)C[C@@H](C)c1c(Cl)ncnc1N1CCN(C(=O)O)CC1. The molecule has 8 nitrogen and oxygen atoms in total. The van der Waals surface area contributed by atoms with Crippen LogP contribution in [0.3, 0.4) is 0 Å². The number of esters is 1. The highest BCUT2D eigenvalue weighted by molar-refractivity contribution is 6.30. The average molecular weight is 343 g/mol. The lowest BCUT2D eigenvalue weighted by Gasteiger charge is -2.35. The maximum atomic E-state index is 11.5. The van der Waals surface area contributed by atoms with E-state index in [-0.39, 0.29) is 18.3 Å². The van der Waals surface area contributed by atoms with Crippen molar-refractivity contribution in [3.8, 4) is 0 Å². The Morgan fingerprint density at radius 3 is 2.57 bits per heavy atom. The van der Waals surface area contributed by atoms with Crippen LogP contribution in [-0.2, 0) is 9.53 Å². The number of aromatic nitrogens is 2. The van der Waals surface area contributed by atoms with E-state index in [1.165, 1.54) is 18.3 Å². The third-order valence-electron chi connectivity index (χ3n) is 3.86. The van der Waals surface area contributed by atoms with Gasteiger partial charge in [-0.3, -0.25) is 4.79 Å². The van der Waals surface area contributed by atoms with Crippen molar-refractivity contribution in [2.75, 3.05) is 38.2 Å². The minimum atomic E-state index is -0.926. The molecule has 1 atom stereocenters. The maximum absolute atomic E-state index is 11.5. The van der Waals surface area contributed by atoms with E-state index in [2.05, 4.69) is 9.97 Å². The van der Waals surface area contributed by atoms with Gasteiger partial charge in [-0.2, -0.15) is 0 Å². The van der Waals surface area contributed by atoms with Crippen LogP contribution in [0.1, 0.15) is 24.8 Å². The van der Waals surface area contributed by atoms with Gasteiger partial charge in [-0.25, -0.2) is 14.8 Å². The molecule has 0 aromatic carbocycles. The monoisotopic (exact) mass is 342 g/mol. The van der Waals surface area contributed by atoms with E-state index in [4.69, 9.17) is 21.4 Å². The summed E-state index contributed by atoms with van der Waals surface area (Å²) in [6, 6.07) is 0. The molecule has 1 aliphatic rings. The minimum Gasteiger partial charge on any atom is -0.469 e. The lowest BCUT2D eigenvalue weighted by atomic mass is 9.99. The van der Waals surface area contributed by atoms with Crippen molar-refractivity contribution in [2.24, 2.45) is 0 Å². The molecular formula is C14H19ClN4O4. The number of carboxylic acid groups (broad SMARTS) is 1. The predicted octanol–water partition coefficient (Wildman–Crippen LogP) is 1.60. The van der Waals surface area contributed by atoms with Gasteiger partial charge in [0.05, 0.1) is 13.5 Å². The Balaban J connectivity index is 2.21. The van der Waals surface area contributed by atoms with Crippen LogP contribution < -0.4 is 4.90 Å². The number of nitrogens with zero attached hydrogens (tertiary/aromatic N) is 4. The Labute approximate surface area is 139 Å². The molecule has 0 spiro atoms. The molecule has 1 aromatic rings. The lowest BCUT2D eigenvalue weighted by molar-refractivity contribution is -0.140. The van der Waals surface area contributed by atoms with Gasteiger partial charge in [0.2, 0.25) is 0 Å². The van der Waals surface area contributed by atoms with E-state index in [1.807, 2.05) is 11.8 Å². The molecule has 2 heterocycles. The first kappa shape index (κ1) is 17.3. The first-order chi connectivity index (χ1) is 10.9. The van der Waals surface area contributed by atoms with Crippen LogP contribution >= 0.6 is 11.6 Å². The van der Waals surface area contributed by atoms with Crippen LogP contribution in [0.2, 0.25) is 5.15 Å². The highest BCUT2D eigenvalue weighted by Gasteiger charge is 2.27. The summed E-state index contributed by atoms with van der Waals surface area (Å²) in [7, 11) is 1.34. The third kappa shape index (κ3) is 4.01. The van der Waals surface area contributed by atoms with Crippen molar-refractivity contribution in [3.05, 3.63) is 17.0 Å². The number of carbonyl (C=O) groups is 2. The second-order valence-electron chi connectivity index (χ2n) is 5.34. The highest BCUT2D eigenvalue weighted by Crippen LogP contribution is 2.33. The Bertz CT molecular complexity index is 590. The van der Waals surface area contributed by atoms with Crippen LogP contribution in [0.5, 0.6) is 0 Å². The molecule has 1 aromatic heterocycles. The zero-order chi connectivity index (χ0) is 17.0. The van der Waals surface area contributed by atoms with Gasteiger partial charge in [-0.15, -0.1) is 0 Å². The number of hydrogen-bond donors (Lipinski definition) is 1. The van der Waals surface area contributed by atoms with Gasteiger partial charge in [-0.05, 0) is 5.92 Å². The molecule has 1 aliphatic heterocycles. The summed E-state index contributed by atoms with van der Waals surface area (Å²) in [4.78, 5) is 34.1. The predicted molar refractivity (Wildman–Crippen MR) is 83.9 cm³/mol. The molecule has 1 fully saturated rings. The number of anilines is 1. The molecule has 0 aliphatic carbocycles. The van der Waals surface area contributed by atoms with E-state index >= 15 is 0 Å². The van der Waals surface area contributed by atoms with Crippen molar-refractivity contribution in [2.45, 2.75) is 19.3 Å². The molecule has 0 radical (unpaired) electrons. The van der Waals surface area contributed by atoms with Crippen LogP contribution in [0, 0.1) is 0 Å². The summed E-state index contributed by atoms with van der Waals surface area (Å²) in [5, 5.41) is 9.32. The largest absolute Gasteiger partial charge is 0.469 e. The zero-order valence-corrected chi connectivity index (χ0v) is 13.8. The van der Waals surface area contributed by atoms with E-state index in [0.717, 1.165) is 0 Å². The van der Waals surface area contributed by atoms with E-state index in [0.29, 0.717) is 42.7 Å². The Morgan fingerprint density at radius 2 is 2.00 bits per heavy atom. The van der Waals surface area contributed by atoms with Crippen molar-refractivity contribution in [3.63, 3.8) is 0 Å². The van der Waals surface area contributed by atoms with Gasteiger partial charge in [0, 0.05) is 31.7 Å². The second kappa shape index (κ2) is 7.45. The smallest absolute Gasteiger partial charge is 0.407 e. The summed E-state index contributed by atoms with van der Waals surface area (Å²) < 4.78 is 4.70. The van der Waals surface area contributed by atoms with Crippen LogP contribution in [-0.4, -0.2) is 65.3 Å². The Kier molecular flexibility index (Phi) is 5.59. The number of ether oxygens (including phenoxy) is 1. The fourth-order valence-corrected chi connectivity index (χ4v) is 2.90. The maximum Gasteiger partial charge on any atom is 0.407 e. The summed E-state index contributed by atoms with van der Waals surface area (Å²) in [6.45, 7) is 3.66. The van der Waals surface area contributed by atoms with Crippen LogP contribution in [0.4, 0.5) is 10.6 Å². The molecule has 2 rings (SSSR count). The number of carbonyl (C=O) groups excluding carboxylic acids is 1. The summed E-state index contributed by atoms with van der Waals surface area (Å²) in [5.41, 5.74) is 0.684. The normalized spacial score (nSPS) is 16.1. The van der Waals surface area contributed by atoms with Crippen molar-refractivity contribution >= 4 is 29.5 Å². The van der Waals surface area contributed by atoms with Gasteiger partial charge < -0.3 is 19.6 Å². The third-order valence-corrected chi connectivity index (χ3v) is 4.16. The number of amides is 1. The van der Waals surface area contributed by atoms with E-state index in [9.17, 15) is 9.59 Å². The molecule has 1 N–H and O–H groups in total. The standard InChI is InChI=1S/C14H19ClN4O4/c1-9(7-10(20)23-2)11-12(15)16-8-17-13(11)18-3-5-19(6-4-18)14(21)22/h8-9H,3-7H2,1-2H3,(H,21,22)/t9-/m1/s1. The minimum absolute atomic E-state index is 0.172. The molecule has 23 heavy (non-hydrogen) atoms. The average Bonchev–Trinajstić information content (AvgIpc) is 2.54. The highest BCUT2D eigenvalue weighted by atomic mass is 35.5. The Hall–Kier alpha value is -2.09. The zero-order valence-electron chi connectivity index (χ0n) is 13.0. The molecule has 1 saturated heterocycles. The summed E-state index contributed by atoms with van der Waals surface area (Å²) in [5.74, 6) is 0.106. The fourth-order valence-electron chi connectivity index (χ4n) is 2.59. The summed E-state index contributed by atoms with van der Waals surface area (Å²) >= 11 is 6.21. The van der Waals surface area contributed by atoms with Gasteiger partial charge in [0.15, 0.2) is 0 Å². The van der Waals surface area contributed by atoms with Gasteiger partial charge >= 0.3 is 12.1 Å². The fraction of sp³-hybridized carbons (Fsp3) is 0.571. The first-order valence-electron chi connectivity index (χ1n) is 7.24. The first-order valence-corrected chi connectivity index (χ1v) is 7.61. The topological polar surface area (TPSA) is 95.9 Å². The molecule has 0 bridgehead atoms. The van der Waals surface area contributed by atoms with Crippen LogP contribution in [0.25, 0.3) is 0 Å². The molecule has 0 unspecified atom stereocenters. The molecule has 9 heteroatoms. The van der Waals surface area contributed by atoms with Gasteiger partial charge in [-0.1, -0.05) is 18.5 Å².